The molecule has 0 saturated carbocycles. The summed E-state index contributed by atoms with van der Waals surface area (Å²) in [5.41, 5.74) is -0.819. The van der Waals surface area contributed by atoms with Crippen LogP contribution in [0, 0.1) is 21.8 Å². The van der Waals surface area contributed by atoms with E-state index in [1.807, 2.05) is 0 Å². The standard InChI is InChI=1S/C14H17FN2O7S/c1-8-10(14(18)19)4-3-5-16(8)25(22,23)9-6-11(15)13(24-2)12(7-9)17(20)21/h6-8,10H,3-5H2,1-2H3,(H,18,19)/t8-,10-/m0/s1. The number of hydrogen-bond acceptors (Lipinski definition) is 6. The van der Waals surface area contributed by atoms with Gasteiger partial charge in [0.2, 0.25) is 15.8 Å². The molecular formula is C14H17FN2O7S. The quantitative estimate of drug-likeness (QED) is 0.611. The molecule has 2 rings (SSSR count). The molecule has 1 saturated heterocycles. The first kappa shape index (κ1) is 19.1. The molecule has 2 atom stereocenters. The summed E-state index contributed by atoms with van der Waals surface area (Å²) >= 11 is 0. The fourth-order valence-electron chi connectivity index (χ4n) is 2.96. The molecule has 1 aromatic rings. The summed E-state index contributed by atoms with van der Waals surface area (Å²) in [5, 5.41) is 20.3. The fraction of sp³-hybridized carbons (Fsp3) is 0.500. The Morgan fingerprint density at radius 3 is 2.64 bits per heavy atom. The number of carbonyl (C=O) groups is 1. The SMILES string of the molecule is COc1c(F)cc(S(=O)(=O)N2CCC[C@H](C(=O)O)[C@@H]2C)cc1[N+](=O)[O-]. The molecule has 0 aliphatic carbocycles. The smallest absolute Gasteiger partial charge is 0.315 e. The van der Waals surface area contributed by atoms with Crippen molar-refractivity contribution in [2.24, 2.45) is 5.92 Å². The van der Waals surface area contributed by atoms with Gasteiger partial charge < -0.3 is 9.84 Å². The molecule has 138 valence electrons. The zero-order chi connectivity index (χ0) is 18.9. The molecule has 11 heteroatoms. The molecule has 0 bridgehead atoms. The van der Waals surface area contributed by atoms with E-state index in [1.165, 1.54) is 6.92 Å². The van der Waals surface area contributed by atoms with Crippen molar-refractivity contribution in [2.45, 2.75) is 30.7 Å². The number of aliphatic carboxylic acids is 1. The Morgan fingerprint density at radius 2 is 2.12 bits per heavy atom. The van der Waals surface area contributed by atoms with E-state index in [2.05, 4.69) is 4.74 Å². The Kier molecular flexibility index (Phi) is 5.28. The van der Waals surface area contributed by atoms with Crippen LogP contribution in [0.25, 0.3) is 0 Å². The van der Waals surface area contributed by atoms with Crippen molar-refractivity contribution >= 4 is 21.7 Å². The maximum atomic E-state index is 14.1. The van der Waals surface area contributed by atoms with E-state index in [0.717, 1.165) is 11.4 Å². The molecule has 0 radical (unpaired) electrons. The Labute approximate surface area is 143 Å². The molecular weight excluding hydrogens is 359 g/mol. The topological polar surface area (TPSA) is 127 Å². The number of methoxy groups -OCH3 is 1. The Balaban J connectivity index is 2.53. The Morgan fingerprint density at radius 1 is 1.48 bits per heavy atom. The second-order valence-corrected chi connectivity index (χ2v) is 7.55. The maximum absolute atomic E-state index is 14.1. The van der Waals surface area contributed by atoms with Crippen LogP contribution in [-0.4, -0.2) is 48.4 Å². The number of nitro groups is 1. The van der Waals surface area contributed by atoms with Crippen molar-refractivity contribution in [3.8, 4) is 5.75 Å². The highest BCUT2D eigenvalue weighted by Crippen LogP contribution is 2.35. The molecule has 1 aliphatic rings. The third-order valence-corrected chi connectivity index (χ3v) is 6.22. The average molecular weight is 376 g/mol. The molecule has 0 aromatic heterocycles. The highest BCUT2D eigenvalue weighted by molar-refractivity contribution is 7.89. The lowest BCUT2D eigenvalue weighted by molar-refractivity contribution is -0.386. The van der Waals surface area contributed by atoms with E-state index in [9.17, 15) is 32.8 Å². The summed E-state index contributed by atoms with van der Waals surface area (Å²) in [6.07, 6.45) is 0.640. The second-order valence-electron chi connectivity index (χ2n) is 5.66. The molecule has 9 nitrogen and oxygen atoms in total. The number of benzene rings is 1. The lowest BCUT2D eigenvalue weighted by atomic mass is 9.92. The van der Waals surface area contributed by atoms with Crippen LogP contribution in [0.15, 0.2) is 17.0 Å². The molecule has 1 aromatic carbocycles. The van der Waals surface area contributed by atoms with Crippen molar-refractivity contribution < 1.29 is 32.4 Å². The van der Waals surface area contributed by atoms with Gasteiger partial charge in [-0.1, -0.05) is 0 Å². The molecule has 1 heterocycles. The van der Waals surface area contributed by atoms with Gasteiger partial charge >= 0.3 is 11.7 Å². The van der Waals surface area contributed by atoms with Crippen LogP contribution in [-0.2, 0) is 14.8 Å². The van der Waals surface area contributed by atoms with E-state index in [-0.39, 0.29) is 6.54 Å². The Bertz CT molecular complexity index is 812. The number of carboxylic acids is 1. The van der Waals surface area contributed by atoms with Crippen LogP contribution in [0.5, 0.6) is 5.75 Å². The van der Waals surface area contributed by atoms with Gasteiger partial charge in [0.05, 0.1) is 22.8 Å². The average Bonchev–Trinajstić information content (AvgIpc) is 2.53. The molecule has 1 aliphatic heterocycles. The molecule has 1 N–H and O–H groups in total. The number of halogens is 1. The number of hydrogen-bond donors (Lipinski definition) is 1. The third-order valence-electron chi connectivity index (χ3n) is 4.25. The van der Waals surface area contributed by atoms with E-state index in [4.69, 9.17) is 0 Å². The van der Waals surface area contributed by atoms with Gasteiger partial charge in [-0.15, -0.1) is 0 Å². The summed E-state index contributed by atoms with van der Waals surface area (Å²) < 4.78 is 45.2. The van der Waals surface area contributed by atoms with Gasteiger partial charge in [0.25, 0.3) is 0 Å². The van der Waals surface area contributed by atoms with Gasteiger partial charge in [0, 0.05) is 18.7 Å². The van der Waals surface area contributed by atoms with E-state index >= 15 is 0 Å². The molecule has 0 amide bonds. The normalized spacial score (nSPS) is 21.7. The Hall–Kier alpha value is -2.27. The largest absolute Gasteiger partial charge is 0.488 e. The second kappa shape index (κ2) is 6.92. The summed E-state index contributed by atoms with van der Waals surface area (Å²) in [6.45, 7) is 1.50. The van der Waals surface area contributed by atoms with Crippen LogP contribution < -0.4 is 4.74 Å². The molecule has 1 fully saturated rings. The number of piperidine rings is 1. The van der Waals surface area contributed by atoms with Crippen molar-refractivity contribution in [2.75, 3.05) is 13.7 Å². The summed E-state index contributed by atoms with van der Waals surface area (Å²) in [7, 11) is -3.28. The van der Waals surface area contributed by atoms with Gasteiger partial charge in [-0.3, -0.25) is 14.9 Å². The number of nitro benzene ring substituents is 1. The van der Waals surface area contributed by atoms with Gasteiger partial charge in [-0.05, 0) is 25.8 Å². The van der Waals surface area contributed by atoms with Gasteiger partial charge in [-0.25, -0.2) is 12.8 Å². The summed E-state index contributed by atoms with van der Waals surface area (Å²) in [5.74, 6) is -3.88. The third kappa shape index (κ3) is 3.42. The molecule has 25 heavy (non-hydrogen) atoms. The van der Waals surface area contributed by atoms with Gasteiger partial charge in [0.1, 0.15) is 0 Å². The number of carboxylic acid groups (broad SMARTS) is 1. The van der Waals surface area contributed by atoms with Crippen molar-refractivity contribution in [3.63, 3.8) is 0 Å². The lowest BCUT2D eigenvalue weighted by Crippen LogP contribution is -2.49. The highest BCUT2D eigenvalue weighted by Gasteiger charge is 2.40. The van der Waals surface area contributed by atoms with E-state index in [0.29, 0.717) is 25.0 Å². The van der Waals surface area contributed by atoms with Crippen LogP contribution >= 0.6 is 0 Å². The first-order valence-electron chi connectivity index (χ1n) is 7.37. The zero-order valence-corrected chi connectivity index (χ0v) is 14.3. The number of ether oxygens (including phenoxy) is 1. The predicted octanol–water partition coefficient (Wildman–Crippen LogP) is 1.62. The number of sulfonamides is 1. The van der Waals surface area contributed by atoms with Gasteiger partial charge in [-0.2, -0.15) is 4.31 Å². The van der Waals surface area contributed by atoms with Gasteiger partial charge in [0.15, 0.2) is 5.82 Å². The monoisotopic (exact) mass is 376 g/mol. The van der Waals surface area contributed by atoms with E-state index < -0.39 is 55.0 Å². The first-order chi connectivity index (χ1) is 11.6. The molecule has 0 unspecified atom stereocenters. The zero-order valence-electron chi connectivity index (χ0n) is 13.5. The number of nitrogens with zero attached hydrogens (tertiary/aromatic N) is 2. The number of rotatable bonds is 5. The predicted molar refractivity (Wildman–Crippen MR) is 83.3 cm³/mol. The summed E-state index contributed by atoms with van der Waals surface area (Å²) in [6, 6.07) is 0.493. The lowest BCUT2D eigenvalue weighted by Gasteiger charge is -2.36. The summed E-state index contributed by atoms with van der Waals surface area (Å²) in [4.78, 5) is 20.8. The van der Waals surface area contributed by atoms with Crippen LogP contribution in [0.1, 0.15) is 19.8 Å². The first-order valence-corrected chi connectivity index (χ1v) is 8.81. The van der Waals surface area contributed by atoms with E-state index in [1.54, 1.807) is 0 Å². The highest BCUT2D eigenvalue weighted by atomic mass is 32.2. The van der Waals surface area contributed by atoms with Crippen molar-refractivity contribution in [1.82, 2.24) is 4.31 Å². The van der Waals surface area contributed by atoms with Crippen LogP contribution in [0.3, 0.4) is 0 Å². The fourth-order valence-corrected chi connectivity index (χ4v) is 4.70. The molecule has 0 spiro atoms. The van der Waals surface area contributed by atoms with Crippen LogP contribution in [0.2, 0.25) is 0 Å². The van der Waals surface area contributed by atoms with Crippen molar-refractivity contribution in [3.05, 3.63) is 28.1 Å². The minimum atomic E-state index is -4.31. The van der Waals surface area contributed by atoms with Crippen molar-refractivity contribution in [1.29, 1.82) is 0 Å². The minimum Gasteiger partial charge on any atom is -0.488 e. The minimum absolute atomic E-state index is 0.0503. The van der Waals surface area contributed by atoms with Crippen LogP contribution in [0.4, 0.5) is 10.1 Å². The maximum Gasteiger partial charge on any atom is 0.315 e.